The van der Waals surface area contributed by atoms with E-state index in [1.165, 1.54) is 17.3 Å². The summed E-state index contributed by atoms with van der Waals surface area (Å²) in [4.78, 5) is 4.34. The Morgan fingerprint density at radius 1 is 1.08 bits per heavy atom. The van der Waals surface area contributed by atoms with Crippen LogP contribution in [0, 0.1) is 5.82 Å². The van der Waals surface area contributed by atoms with Crippen molar-refractivity contribution >= 4 is 11.4 Å². The Kier molecular flexibility index (Phi) is 4.59. The quantitative estimate of drug-likeness (QED) is 0.897. The van der Waals surface area contributed by atoms with Crippen LogP contribution in [-0.2, 0) is 6.42 Å². The van der Waals surface area contributed by atoms with Crippen molar-refractivity contribution in [3.05, 3.63) is 59.4 Å². The number of halogens is 1. The summed E-state index contributed by atoms with van der Waals surface area (Å²) in [6, 6.07) is 13.1. The molecule has 1 fully saturated rings. The van der Waals surface area contributed by atoms with Crippen LogP contribution in [0.15, 0.2) is 42.5 Å². The SMILES string of the molecule is OC(CN1CCN(c2ccccc2F)CC1)c1ccc2c(c1)CCN2. The molecule has 1 unspecified atom stereocenters. The van der Waals surface area contributed by atoms with E-state index in [0.29, 0.717) is 12.2 Å². The van der Waals surface area contributed by atoms with Gasteiger partial charge in [-0.05, 0) is 35.7 Å². The number of para-hydroxylation sites is 1. The molecule has 2 aromatic rings. The van der Waals surface area contributed by atoms with Gasteiger partial charge < -0.3 is 15.3 Å². The third kappa shape index (κ3) is 3.48. The molecule has 0 amide bonds. The van der Waals surface area contributed by atoms with Crippen molar-refractivity contribution in [3.63, 3.8) is 0 Å². The lowest BCUT2D eigenvalue weighted by atomic mass is 10.0. The molecule has 1 atom stereocenters. The molecule has 4 rings (SSSR count). The number of hydrogen-bond donors (Lipinski definition) is 2. The fourth-order valence-electron chi connectivity index (χ4n) is 3.76. The van der Waals surface area contributed by atoms with Crippen LogP contribution in [0.5, 0.6) is 0 Å². The number of hydrogen-bond acceptors (Lipinski definition) is 4. The Balaban J connectivity index is 1.35. The molecular formula is C20H24FN3O. The highest BCUT2D eigenvalue weighted by Gasteiger charge is 2.22. The number of piperazine rings is 1. The second kappa shape index (κ2) is 7.02. The van der Waals surface area contributed by atoms with Gasteiger partial charge in [0.25, 0.3) is 0 Å². The van der Waals surface area contributed by atoms with E-state index in [1.54, 1.807) is 6.07 Å². The fraction of sp³-hybridized carbons (Fsp3) is 0.400. The number of anilines is 2. The van der Waals surface area contributed by atoms with Crippen LogP contribution in [0.4, 0.5) is 15.8 Å². The molecule has 0 bridgehead atoms. The minimum atomic E-state index is -0.481. The Bertz CT molecular complexity index is 743. The lowest BCUT2D eigenvalue weighted by Crippen LogP contribution is -2.47. The molecule has 2 heterocycles. The van der Waals surface area contributed by atoms with E-state index in [2.05, 4.69) is 27.2 Å². The summed E-state index contributed by atoms with van der Waals surface area (Å²) in [6.07, 6.45) is 0.544. The smallest absolute Gasteiger partial charge is 0.146 e. The summed E-state index contributed by atoms with van der Waals surface area (Å²) in [5, 5.41) is 13.9. The molecule has 2 N–H and O–H groups in total. The van der Waals surface area contributed by atoms with Gasteiger partial charge in [-0.15, -0.1) is 0 Å². The molecule has 0 aliphatic carbocycles. The zero-order valence-electron chi connectivity index (χ0n) is 14.3. The highest BCUT2D eigenvalue weighted by molar-refractivity contribution is 5.56. The Labute approximate surface area is 147 Å². The summed E-state index contributed by atoms with van der Waals surface area (Å²) >= 11 is 0. The number of β-amino-alcohol motifs (C(OH)–C–C–N with tert-alkyl or cyclic N) is 1. The normalized spacial score (nSPS) is 18.7. The predicted octanol–water partition coefficient (Wildman–Crippen LogP) is 2.65. The van der Waals surface area contributed by atoms with Crippen LogP contribution in [0.1, 0.15) is 17.2 Å². The molecule has 0 aromatic heterocycles. The third-order valence-electron chi connectivity index (χ3n) is 5.22. The summed E-state index contributed by atoms with van der Waals surface area (Å²) in [6.45, 7) is 4.82. The van der Waals surface area contributed by atoms with Gasteiger partial charge in [-0.3, -0.25) is 4.90 Å². The first kappa shape index (κ1) is 16.4. The molecular weight excluding hydrogens is 317 g/mol. The highest BCUT2D eigenvalue weighted by Crippen LogP contribution is 2.27. The molecule has 2 aliphatic rings. The minimum Gasteiger partial charge on any atom is -0.387 e. The van der Waals surface area contributed by atoms with Crippen molar-refractivity contribution in [2.45, 2.75) is 12.5 Å². The van der Waals surface area contributed by atoms with Crippen LogP contribution >= 0.6 is 0 Å². The van der Waals surface area contributed by atoms with Crippen molar-refractivity contribution in [1.29, 1.82) is 0 Å². The highest BCUT2D eigenvalue weighted by atomic mass is 19.1. The maximum atomic E-state index is 13.9. The number of aliphatic hydroxyl groups excluding tert-OH is 1. The predicted molar refractivity (Wildman–Crippen MR) is 98.6 cm³/mol. The van der Waals surface area contributed by atoms with Gasteiger partial charge in [-0.2, -0.15) is 0 Å². The zero-order chi connectivity index (χ0) is 17.2. The number of benzene rings is 2. The van der Waals surface area contributed by atoms with Gasteiger partial charge in [-0.25, -0.2) is 4.39 Å². The second-order valence-corrected chi connectivity index (χ2v) is 6.85. The van der Waals surface area contributed by atoms with E-state index in [0.717, 1.165) is 44.7 Å². The maximum absolute atomic E-state index is 13.9. The molecule has 25 heavy (non-hydrogen) atoms. The average Bonchev–Trinajstić information content (AvgIpc) is 3.10. The lowest BCUT2D eigenvalue weighted by molar-refractivity contribution is 0.109. The average molecular weight is 341 g/mol. The van der Waals surface area contributed by atoms with Gasteiger partial charge >= 0.3 is 0 Å². The lowest BCUT2D eigenvalue weighted by Gasteiger charge is -2.37. The summed E-state index contributed by atoms with van der Waals surface area (Å²) in [5.41, 5.74) is 4.14. The van der Waals surface area contributed by atoms with Gasteiger partial charge in [0.15, 0.2) is 0 Å². The van der Waals surface area contributed by atoms with E-state index < -0.39 is 6.10 Å². The van der Waals surface area contributed by atoms with Crippen molar-refractivity contribution < 1.29 is 9.50 Å². The van der Waals surface area contributed by atoms with Crippen LogP contribution in [0.25, 0.3) is 0 Å². The van der Waals surface area contributed by atoms with E-state index in [4.69, 9.17) is 0 Å². The first-order valence-corrected chi connectivity index (χ1v) is 8.97. The zero-order valence-corrected chi connectivity index (χ0v) is 14.3. The van der Waals surface area contributed by atoms with E-state index >= 15 is 0 Å². The van der Waals surface area contributed by atoms with E-state index in [1.807, 2.05) is 18.2 Å². The molecule has 1 saturated heterocycles. The van der Waals surface area contributed by atoms with Crippen molar-refractivity contribution in [3.8, 4) is 0 Å². The summed E-state index contributed by atoms with van der Waals surface area (Å²) in [5.74, 6) is -0.164. The van der Waals surface area contributed by atoms with Gasteiger partial charge in [0.2, 0.25) is 0 Å². The van der Waals surface area contributed by atoms with Gasteiger partial charge in [0.1, 0.15) is 5.82 Å². The first-order valence-electron chi connectivity index (χ1n) is 8.97. The molecule has 4 nitrogen and oxygen atoms in total. The third-order valence-corrected chi connectivity index (χ3v) is 5.22. The van der Waals surface area contributed by atoms with E-state index in [-0.39, 0.29) is 5.82 Å². The van der Waals surface area contributed by atoms with Gasteiger partial charge in [-0.1, -0.05) is 24.3 Å². The Morgan fingerprint density at radius 2 is 1.88 bits per heavy atom. The monoisotopic (exact) mass is 341 g/mol. The molecule has 5 heteroatoms. The molecule has 2 aliphatic heterocycles. The molecule has 132 valence electrons. The van der Waals surface area contributed by atoms with Crippen molar-refractivity contribution in [2.75, 3.05) is 49.5 Å². The summed E-state index contributed by atoms with van der Waals surface area (Å²) < 4.78 is 13.9. The topological polar surface area (TPSA) is 38.7 Å². The van der Waals surface area contributed by atoms with Crippen LogP contribution in [0.3, 0.4) is 0 Å². The fourth-order valence-corrected chi connectivity index (χ4v) is 3.76. The Hall–Kier alpha value is -2.11. The number of nitrogens with one attached hydrogen (secondary N) is 1. The van der Waals surface area contributed by atoms with E-state index in [9.17, 15) is 9.50 Å². The van der Waals surface area contributed by atoms with Crippen LogP contribution < -0.4 is 10.2 Å². The van der Waals surface area contributed by atoms with Crippen molar-refractivity contribution in [1.82, 2.24) is 4.90 Å². The van der Waals surface area contributed by atoms with Gasteiger partial charge in [0, 0.05) is 45.0 Å². The molecule has 0 spiro atoms. The van der Waals surface area contributed by atoms with Crippen LogP contribution in [-0.4, -0.2) is 49.3 Å². The van der Waals surface area contributed by atoms with Gasteiger partial charge in [0.05, 0.1) is 11.8 Å². The molecule has 0 radical (unpaired) electrons. The second-order valence-electron chi connectivity index (χ2n) is 6.85. The maximum Gasteiger partial charge on any atom is 0.146 e. The number of fused-ring (bicyclic) bond motifs is 1. The van der Waals surface area contributed by atoms with Crippen molar-refractivity contribution in [2.24, 2.45) is 0 Å². The summed E-state index contributed by atoms with van der Waals surface area (Å²) in [7, 11) is 0. The number of nitrogens with zero attached hydrogens (tertiary/aromatic N) is 2. The minimum absolute atomic E-state index is 0.164. The molecule has 0 saturated carbocycles. The standard InChI is InChI=1S/C20H24FN3O/c21-17-3-1-2-4-19(17)24-11-9-23(10-12-24)14-20(25)16-5-6-18-15(13-16)7-8-22-18/h1-6,13,20,22,25H,7-12,14H2. The number of aliphatic hydroxyl groups is 1. The van der Waals surface area contributed by atoms with Crippen LogP contribution in [0.2, 0.25) is 0 Å². The largest absolute Gasteiger partial charge is 0.387 e. The Morgan fingerprint density at radius 3 is 2.68 bits per heavy atom. The first-order chi connectivity index (χ1) is 12.2. The molecule has 2 aromatic carbocycles. The number of rotatable bonds is 4.